The summed E-state index contributed by atoms with van der Waals surface area (Å²) in [6.07, 6.45) is 2.42. The number of nitrogens with one attached hydrogen (secondary N) is 1. The summed E-state index contributed by atoms with van der Waals surface area (Å²) in [6.45, 7) is 3.34. The molecule has 0 saturated carbocycles. The molecule has 66 valence electrons. The van der Waals surface area contributed by atoms with Gasteiger partial charge in [-0.15, -0.1) is 0 Å². The smallest absolute Gasteiger partial charge is 0.0556 e. The highest BCUT2D eigenvalue weighted by Crippen LogP contribution is 2.12. The van der Waals surface area contributed by atoms with Crippen molar-refractivity contribution >= 4 is 22.9 Å². The van der Waals surface area contributed by atoms with Crippen molar-refractivity contribution in [2.75, 3.05) is 26.2 Å². The van der Waals surface area contributed by atoms with Crippen LogP contribution < -0.4 is 5.32 Å². The molecular weight excluding hydrogens is 255 g/mol. The van der Waals surface area contributed by atoms with Crippen LogP contribution in [0.25, 0.3) is 0 Å². The summed E-state index contributed by atoms with van der Waals surface area (Å²) >= 11 is 2.36. The summed E-state index contributed by atoms with van der Waals surface area (Å²) in [7, 11) is 0. The predicted molar refractivity (Wildman–Crippen MR) is 53.7 cm³/mol. The molecule has 1 rings (SSSR count). The first-order chi connectivity index (χ1) is 5.33. The molecule has 1 fully saturated rings. The number of hydrogen-bond donors (Lipinski definition) is 2. The number of hydrogen-bond acceptors (Lipinski definition) is 3. The highest BCUT2D eigenvalue weighted by atomic mass is 127. The minimum atomic E-state index is 0.254. The van der Waals surface area contributed by atoms with Crippen LogP contribution in [0.2, 0.25) is 0 Å². The van der Waals surface area contributed by atoms with Gasteiger partial charge < -0.3 is 10.4 Å². The van der Waals surface area contributed by atoms with Gasteiger partial charge in [-0.1, -0.05) is 0 Å². The van der Waals surface area contributed by atoms with Gasteiger partial charge in [0.15, 0.2) is 0 Å². The SMILES string of the molecule is OCCNC1CCN(I)CC1. The van der Waals surface area contributed by atoms with Crippen molar-refractivity contribution in [2.24, 2.45) is 0 Å². The Morgan fingerprint density at radius 2 is 2.09 bits per heavy atom. The molecule has 4 heteroatoms. The first-order valence-electron chi connectivity index (χ1n) is 4.08. The Labute approximate surface area is 81.6 Å². The van der Waals surface area contributed by atoms with Gasteiger partial charge in [0.2, 0.25) is 0 Å². The van der Waals surface area contributed by atoms with Gasteiger partial charge in [0.1, 0.15) is 0 Å². The third-order valence-electron chi connectivity index (χ3n) is 1.99. The van der Waals surface area contributed by atoms with Gasteiger partial charge in [0.25, 0.3) is 0 Å². The van der Waals surface area contributed by atoms with Crippen molar-refractivity contribution < 1.29 is 5.11 Å². The van der Waals surface area contributed by atoms with Crippen molar-refractivity contribution in [1.82, 2.24) is 8.43 Å². The fraction of sp³-hybridized carbons (Fsp3) is 1.00. The second-order valence-corrected chi connectivity index (χ2v) is 4.23. The topological polar surface area (TPSA) is 35.5 Å². The predicted octanol–water partition coefficient (Wildman–Crippen LogP) is 0.383. The molecule has 0 spiro atoms. The fourth-order valence-electron chi connectivity index (χ4n) is 1.32. The van der Waals surface area contributed by atoms with E-state index in [1.54, 1.807) is 0 Å². The molecular formula is C7H15IN2O. The van der Waals surface area contributed by atoms with Crippen molar-refractivity contribution in [3.63, 3.8) is 0 Å². The molecule has 0 unspecified atom stereocenters. The zero-order valence-corrected chi connectivity index (χ0v) is 8.75. The zero-order valence-electron chi connectivity index (χ0n) is 6.59. The van der Waals surface area contributed by atoms with E-state index in [0.29, 0.717) is 6.04 Å². The molecule has 0 aliphatic carbocycles. The summed E-state index contributed by atoms with van der Waals surface area (Å²) < 4.78 is 2.31. The van der Waals surface area contributed by atoms with E-state index in [1.165, 1.54) is 25.9 Å². The summed E-state index contributed by atoms with van der Waals surface area (Å²) in [5.41, 5.74) is 0. The van der Waals surface area contributed by atoms with E-state index in [9.17, 15) is 0 Å². The lowest BCUT2D eigenvalue weighted by Gasteiger charge is -2.27. The van der Waals surface area contributed by atoms with Gasteiger partial charge >= 0.3 is 0 Å². The van der Waals surface area contributed by atoms with E-state index in [-0.39, 0.29) is 6.61 Å². The Morgan fingerprint density at radius 3 is 2.64 bits per heavy atom. The van der Waals surface area contributed by atoms with E-state index in [1.807, 2.05) is 0 Å². The molecule has 1 aliphatic rings. The van der Waals surface area contributed by atoms with Crippen molar-refractivity contribution in [2.45, 2.75) is 18.9 Å². The van der Waals surface area contributed by atoms with Gasteiger partial charge in [0, 0.05) is 48.5 Å². The van der Waals surface area contributed by atoms with Gasteiger partial charge in [-0.3, -0.25) is 0 Å². The van der Waals surface area contributed by atoms with Gasteiger partial charge in [0.05, 0.1) is 6.61 Å². The van der Waals surface area contributed by atoms with Crippen LogP contribution in [0.3, 0.4) is 0 Å². The third-order valence-corrected chi connectivity index (χ3v) is 2.95. The molecule has 0 amide bonds. The van der Waals surface area contributed by atoms with E-state index in [2.05, 4.69) is 31.3 Å². The third kappa shape index (κ3) is 3.68. The first-order valence-corrected chi connectivity index (χ1v) is 5.04. The molecule has 0 aromatic carbocycles. The van der Waals surface area contributed by atoms with Gasteiger partial charge in [-0.05, 0) is 12.8 Å². The fourth-order valence-corrected chi connectivity index (χ4v) is 1.88. The van der Waals surface area contributed by atoms with Crippen LogP contribution in [0.1, 0.15) is 12.8 Å². The molecule has 0 atom stereocenters. The van der Waals surface area contributed by atoms with E-state index in [4.69, 9.17) is 5.11 Å². The molecule has 0 aromatic heterocycles. The van der Waals surface area contributed by atoms with Crippen LogP contribution in [0.5, 0.6) is 0 Å². The summed E-state index contributed by atoms with van der Waals surface area (Å²) in [4.78, 5) is 0. The van der Waals surface area contributed by atoms with Crippen LogP contribution in [-0.2, 0) is 0 Å². The van der Waals surface area contributed by atoms with Crippen LogP contribution >= 0.6 is 22.9 Å². The highest BCUT2D eigenvalue weighted by Gasteiger charge is 2.15. The average Bonchev–Trinajstić information content (AvgIpc) is 2.04. The number of piperidine rings is 1. The van der Waals surface area contributed by atoms with Gasteiger partial charge in [-0.25, -0.2) is 3.11 Å². The van der Waals surface area contributed by atoms with E-state index < -0.39 is 0 Å². The summed E-state index contributed by atoms with van der Waals surface area (Å²) in [6, 6.07) is 0.633. The number of nitrogens with zero attached hydrogens (tertiary/aromatic N) is 1. The van der Waals surface area contributed by atoms with E-state index in [0.717, 1.165) is 6.54 Å². The largest absolute Gasteiger partial charge is 0.395 e. The lowest BCUT2D eigenvalue weighted by Crippen LogP contribution is -2.39. The summed E-state index contributed by atoms with van der Waals surface area (Å²) in [5.74, 6) is 0. The summed E-state index contributed by atoms with van der Waals surface area (Å²) in [5, 5.41) is 11.9. The standard InChI is InChI=1S/C7H15IN2O/c8-10-4-1-7(2-5-10)9-3-6-11/h7,9,11H,1-6H2. The lowest BCUT2D eigenvalue weighted by molar-refractivity contribution is 0.263. The maximum absolute atomic E-state index is 8.57. The molecule has 0 aromatic rings. The maximum Gasteiger partial charge on any atom is 0.0556 e. The van der Waals surface area contributed by atoms with Crippen LogP contribution in [0.15, 0.2) is 0 Å². The zero-order chi connectivity index (χ0) is 8.10. The average molecular weight is 270 g/mol. The molecule has 3 nitrogen and oxygen atoms in total. The lowest BCUT2D eigenvalue weighted by atomic mass is 10.1. The number of aliphatic hydroxyl groups is 1. The first kappa shape index (κ1) is 9.70. The quantitative estimate of drug-likeness (QED) is 0.575. The molecule has 1 saturated heterocycles. The van der Waals surface area contributed by atoms with Crippen LogP contribution in [-0.4, -0.2) is 40.5 Å². The Morgan fingerprint density at radius 1 is 1.45 bits per heavy atom. The van der Waals surface area contributed by atoms with E-state index >= 15 is 0 Å². The maximum atomic E-state index is 8.57. The monoisotopic (exact) mass is 270 g/mol. The Kier molecular flexibility index (Phi) is 4.66. The van der Waals surface area contributed by atoms with Crippen LogP contribution in [0, 0.1) is 0 Å². The molecule has 0 bridgehead atoms. The van der Waals surface area contributed by atoms with Gasteiger partial charge in [-0.2, -0.15) is 0 Å². The molecule has 1 aliphatic heterocycles. The van der Waals surface area contributed by atoms with Crippen molar-refractivity contribution in [3.8, 4) is 0 Å². The van der Waals surface area contributed by atoms with Crippen molar-refractivity contribution in [1.29, 1.82) is 0 Å². The van der Waals surface area contributed by atoms with Crippen molar-refractivity contribution in [3.05, 3.63) is 0 Å². The molecule has 11 heavy (non-hydrogen) atoms. The molecule has 0 radical (unpaired) electrons. The van der Waals surface area contributed by atoms with Crippen LogP contribution in [0.4, 0.5) is 0 Å². The molecule has 2 N–H and O–H groups in total. The normalized spacial score (nSPS) is 22.4. The highest BCUT2D eigenvalue weighted by molar-refractivity contribution is 14.1. The minimum Gasteiger partial charge on any atom is -0.395 e. The minimum absolute atomic E-state index is 0.254. The second-order valence-electron chi connectivity index (χ2n) is 2.86. The number of halogens is 1. The Balaban J connectivity index is 2.07. The Bertz CT molecular complexity index is 102. The molecule has 1 heterocycles. The number of aliphatic hydroxyl groups excluding tert-OH is 1. The second kappa shape index (κ2) is 5.29. The number of rotatable bonds is 3. The Hall–Kier alpha value is 0.610.